The molecule has 1 N–H and O–H groups in total. The van der Waals surface area contributed by atoms with E-state index in [0.717, 1.165) is 5.56 Å². The molecule has 7 heteroatoms. The Labute approximate surface area is 168 Å². The number of aryl methyl sites for hydroxylation is 1. The van der Waals surface area contributed by atoms with Crippen LogP contribution in [0.1, 0.15) is 5.56 Å². The van der Waals surface area contributed by atoms with Crippen LogP contribution in [0.5, 0.6) is 11.5 Å². The number of rotatable bonds is 7. The summed E-state index contributed by atoms with van der Waals surface area (Å²) in [5.74, 6) is 2.87. The second-order valence-electron chi connectivity index (χ2n) is 6.27. The Balaban J connectivity index is 1.82. The zero-order chi connectivity index (χ0) is 20.8. The first-order chi connectivity index (χ1) is 14.0. The van der Waals surface area contributed by atoms with Crippen LogP contribution in [0.4, 0.5) is 10.1 Å². The van der Waals surface area contributed by atoms with E-state index in [-0.39, 0.29) is 24.8 Å². The van der Waals surface area contributed by atoms with Gasteiger partial charge in [-0.3, -0.25) is 9.48 Å². The van der Waals surface area contributed by atoms with E-state index in [1.165, 1.54) is 19.2 Å². The lowest BCUT2D eigenvalue weighted by atomic mass is 10.1. The van der Waals surface area contributed by atoms with Crippen molar-refractivity contribution in [1.29, 1.82) is 0 Å². The molecule has 0 bridgehead atoms. The van der Waals surface area contributed by atoms with E-state index in [1.54, 1.807) is 42.2 Å². The van der Waals surface area contributed by atoms with Crippen LogP contribution in [0.25, 0.3) is 11.3 Å². The minimum atomic E-state index is -0.340. The van der Waals surface area contributed by atoms with Gasteiger partial charge in [0.15, 0.2) is 11.5 Å². The Morgan fingerprint density at radius 1 is 1.24 bits per heavy atom. The molecule has 1 amide bonds. The van der Waals surface area contributed by atoms with Crippen molar-refractivity contribution < 1.29 is 18.7 Å². The highest BCUT2D eigenvalue weighted by atomic mass is 19.1. The largest absolute Gasteiger partial charge is 0.493 e. The topological polar surface area (TPSA) is 65.4 Å². The Morgan fingerprint density at radius 2 is 2.00 bits per heavy atom. The number of nitrogens with one attached hydrogen (secondary N) is 1. The number of anilines is 1. The molecule has 0 fully saturated rings. The van der Waals surface area contributed by atoms with Gasteiger partial charge in [-0.1, -0.05) is 18.1 Å². The molecule has 0 spiro atoms. The molecule has 6 nitrogen and oxygen atoms in total. The van der Waals surface area contributed by atoms with Gasteiger partial charge in [0.2, 0.25) is 5.91 Å². The highest BCUT2D eigenvalue weighted by Crippen LogP contribution is 2.34. The maximum absolute atomic E-state index is 13.0. The lowest BCUT2D eigenvalue weighted by Crippen LogP contribution is -2.14. The number of carbonyl (C=O) groups excluding carboxylic acids is 1. The van der Waals surface area contributed by atoms with Crippen LogP contribution in [-0.4, -0.2) is 29.4 Å². The van der Waals surface area contributed by atoms with Crippen molar-refractivity contribution in [1.82, 2.24) is 9.78 Å². The second kappa shape index (κ2) is 8.93. The molecule has 0 atom stereocenters. The lowest BCUT2D eigenvalue weighted by Gasteiger charge is -2.11. The first-order valence-electron chi connectivity index (χ1n) is 8.82. The van der Waals surface area contributed by atoms with Crippen LogP contribution in [0.15, 0.2) is 48.7 Å². The quantitative estimate of drug-likeness (QED) is 0.625. The number of amides is 1. The Hall–Kier alpha value is -3.79. The molecular formula is C22H20FN3O3. The van der Waals surface area contributed by atoms with Gasteiger partial charge in [-0.2, -0.15) is 5.10 Å². The van der Waals surface area contributed by atoms with Crippen LogP contribution in [-0.2, 0) is 18.3 Å². The fourth-order valence-corrected chi connectivity index (χ4v) is 2.83. The molecule has 0 aliphatic heterocycles. The highest BCUT2D eigenvalue weighted by molar-refractivity contribution is 5.95. The maximum Gasteiger partial charge on any atom is 0.228 e. The predicted octanol–water partition coefficient (Wildman–Crippen LogP) is 3.43. The van der Waals surface area contributed by atoms with E-state index in [4.69, 9.17) is 15.9 Å². The standard InChI is InChI=1S/C22H20FN3O3/c1-4-11-29-19-10-7-16(13-20(19)28-3)22-18(14-26(2)25-22)24-21(27)12-15-5-8-17(23)9-6-15/h1,5-10,13-14H,11-12H2,2-3H3,(H,24,27). The van der Waals surface area contributed by atoms with Crippen molar-refractivity contribution in [2.45, 2.75) is 6.42 Å². The van der Waals surface area contributed by atoms with Gasteiger partial charge in [0.25, 0.3) is 0 Å². The number of aromatic nitrogens is 2. The van der Waals surface area contributed by atoms with Gasteiger partial charge in [0, 0.05) is 18.8 Å². The molecule has 29 heavy (non-hydrogen) atoms. The number of methoxy groups -OCH3 is 1. The number of carbonyl (C=O) groups is 1. The summed E-state index contributed by atoms with van der Waals surface area (Å²) >= 11 is 0. The summed E-state index contributed by atoms with van der Waals surface area (Å²) in [6.07, 6.45) is 7.07. The van der Waals surface area contributed by atoms with E-state index in [1.807, 2.05) is 6.07 Å². The normalized spacial score (nSPS) is 10.3. The van der Waals surface area contributed by atoms with Gasteiger partial charge in [-0.15, -0.1) is 6.42 Å². The Bertz CT molecular complexity index is 1050. The molecule has 2 aromatic carbocycles. The third-order valence-corrected chi connectivity index (χ3v) is 4.13. The molecule has 3 rings (SSSR count). The van der Waals surface area contributed by atoms with Gasteiger partial charge in [-0.05, 0) is 35.9 Å². The number of halogens is 1. The molecular weight excluding hydrogens is 373 g/mol. The van der Waals surface area contributed by atoms with Gasteiger partial charge in [0.05, 0.1) is 19.2 Å². The first-order valence-corrected chi connectivity index (χ1v) is 8.82. The summed E-state index contributed by atoms with van der Waals surface area (Å²) in [4.78, 5) is 12.4. The lowest BCUT2D eigenvalue weighted by molar-refractivity contribution is -0.115. The van der Waals surface area contributed by atoms with E-state index >= 15 is 0 Å². The van der Waals surface area contributed by atoms with Crippen LogP contribution < -0.4 is 14.8 Å². The van der Waals surface area contributed by atoms with Crippen molar-refractivity contribution in [3.8, 4) is 35.1 Å². The molecule has 0 unspecified atom stereocenters. The van der Waals surface area contributed by atoms with Crippen molar-refractivity contribution in [3.63, 3.8) is 0 Å². The van der Waals surface area contributed by atoms with E-state index < -0.39 is 0 Å². The average molecular weight is 393 g/mol. The number of ether oxygens (including phenoxy) is 2. The molecule has 0 saturated heterocycles. The van der Waals surface area contributed by atoms with Crippen molar-refractivity contribution >= 4 is 11.6 Å². The second-order valence-corrected chi connectivity index (χ2v) is 6.27. The van der Waals surface area contributed by atoms with E-state index in [2.05, 4.69) is 16.3 Å². The van der Waals surface area contributed by atoms with Gasteiger partial charge in [-0.25, -0.2) is 4.39 Å². The van der Waals surface area contributed by atoms with Crippen LogP contribution in [0.3, 0.4) is 0 Å². The van der Waals surface area contributed by atoms with Crippen molar-refractivity contribution in [3.05, 3.63) is 60.0 Å². The molecule has 0 aliphatic carbocycles. The summed E-state index contributed by atoms with van der Waals surface area (Å²) in [6.45, 7) is 0.129. The monoisotopic (exact) mass is 393 g/mol. The number of benzene rings is 2. The van der Waals surface area contributed by atoms with Crippen LogP contribution in [0, 0.1) is 18.2 Å². The van der Waals surface area contributed by atoms with Crippen LogP contribution in [0.2, 0.25) is 0 Å². The minimum Gasteiger partial charge on any atom is -0.493 e. The molecule has 0 saturated carbocycles. The smallest absolute Gasteiger partial charge is 0.228 e. The zero-order valence-corrected chi connectivity index (χ0v) is 16.1. The number of hydrogen-bond acceptors (Lipinski definition) is 4. The maximum atomic E-state index is 13.0. The Kier molecular flexibility index (Phi) is 6.15. The predicted molar refractivity (Wildman–Crippen MR) is 108 cm³/mol. The number of hydrogen-bond donors (Lipinski definition) is 1. The average Bonchev–Trinajstić information content (AvgIpc) is 3.07. The molecule has 1 heterocycles. The van der Waals surface area contributed by atoms with Gasteiger partial charge < -0.3 is 14.8 Å². The summed E-state index contributed by atoms with van der Waals surface area (Å²) in [5.41, 5.74) is 2.60. The molecule has 0 radical (unpaired) electrons. The third kappa shape index (κ3) is 4.93. The highest BCUT2D eigenvalue weighted by Gasteiger charge is 2.16. The summed E-state index contributed by atoms with van der Waals surface area (Å²) in [5, 5.41) is 7.31. The summed E-state index contributed by atoms with van der Waals surface area (Å²) in [6, 6.07) is 11.1. The molecule has 148 valence electrons. The van der Waals surface area contributed by atoms with Gasteiger partial charge >= 0.3 is 0 Å². The first kappa shape index (κ1) is 20.0. The summed E-state index contributed by atoms with van der Waals surface area (Å²) < 4.78 is 25.5. The van der Waals surface area contributed by atoms with Crippen molar-refractivity contribution in [2.24, 2.45) is 7.05 Å². The Morgan fingerprint density at radius 3 is 2.69 bits per heavy atom. The molecule has 0 aliphatic rings. The molecule has 3 aromatic rings. The van der Waals surface area contributed by atoms with E-state index in [9.17, 15) is 9.18 Å². The fourth-order valence-electron chi connectivity index (χ4n) is 2.83. The number of nitrogens with zero attached hydrogens (tertiary/aromatic N) is 2. The SMILES string of the molecule is C#CCOc1ccc(-c2nn(C)cc2NC(=O)Cc2ccc(F)cc2)cc1OC. The van der Waals surface area contributed by atoms with Crippen molar-refractivity contribution in [2.75, 3.05) is 19.0 Å². The van der Waals surface area contributed by atoms with Gasteiger partial charge in [0.1, 0.15) is 18.1 Å². The zero-order valence-electron chi connectivity index (χ0n) is 16.1. The number of terminal acetylenes is 1. The molecule has 1 aromatic heterocycles. The summed E-state index contributed by atoms with van der Waals surface area (Å²) in [7, 11) is 3.30. The third-order valence-electron chi connectivity index (χ3n) is 4.13. The van der Waals surface area contributed by atoms with Crippen LogP contribution >= 0.6 is 0 Å². The fraction of sp³-hybridized carbons (Fsp3) is 0.182. The minimum absolute atomic E-state index is 0.122. The van der Waals surface area contributed by atoms with E-state index in [0.29, 0.717) is 28.4 Å².